The number of furan rings is 1. The first kappa shape index (κ1) is 18.0. The Bertz CT molecular complexity index is 771. The first-order valence-electron chi connectivity index (χ1n) is 7.82. The van der Waals surface area contributed by atoms with Gasteiger partial charge in [-0.15, -0.1) is 0 Å². The highest BCUT2D eigenvalue weighted by atomic mass is 16.3. The Morgan fingerprint density at radius 2 is 2.04 bits per heavy atom. The quantitative estimate of drug-likeness (QED) is 0.786. The average molecular weight is 337 g/mol. The number of carbonyl (C=O) groups is 2. The minimum absolute atomic E-state index is 0.135. The maximum atomic E-state index is 12.4. The molecule has 1 N–H and O–H groups in total. The summed E-state index contributed by atoms with van der Waals surface area (Å²) in [7, 11) is 0. The van der Waals surface area contributed by atoms with Crippen LogP contribution in [0.25, 0.3) is 6.08 Å². The van der Waals surface area contributed by atoms with Crippen molar-refractivity contribution in [2.24, 2.45) is 0 Å². The van der Waals surface area contributed by atoms with Gasteiger partial charge in [0.1, 0.15) is 5.76 Å². The zero-order valence-corrected chi connectivity index (χ0v) is 13.9. The van der Waals surface area contributed by atoms with Crippen molar-refractivity contribution in [1.29, 1.82) is 5.26 Å². The highest BCUT2D eigenvalue weighted by Gasteiger charge is 2.12. The summed E-state index contributed by atoms with van der Waals surface area (Å²) < 4.78 is 5.27. The summed E-state index contributed by atoms with van der Waals surface area (Å²) in [6.45, 7) is 2.10. The second kappa shape index (κ2) is 9.08. The van der Waals surface area contributed by atoms with E-state index in [4.69, 9.17) is 9.68 Å². The molecule has 0 aliphatic rings. The summed E-state index contributed by atoms with van der Waals surface area (Å²) in [5.74, 6) is 0.335. The molecule has 0 aliphatic heterocycles. The SMILES string of the molecule is CC(=O)Nc1ccc(/C=C\C(=O)N(CCC#N)Cc2ccco2)cc1. The maximum absolute atomic E-state index is 12.4. The lowest BCUT2D eigenvalue weighted by atomic mass is 10.2. The predicted octanol–water partition coefficient (Wildman–Crippen LogP) is 3.19. The summed E-state index contributed by atoms with van der Waals surface area (Å²) >= 11 is 0. The topological polar surface area (TPSA) is 86.3 Å². The van der Waals surface area contributed by atoms with E-state index in [9.17, 15) is 9.59 Å². The molecule has 1 aromatic heterocycles. The Kier molecular flexibility index (Phi) is 6.55. The lowest BCUT2D eigenvalue weighted by Gasteiger charge is -2.18. The van der Waals surface area contributed by atoms with E-state index in [0.29, 0.717) is 24.5 Å². The lowest BCUT2D eigenvalue weighted by Crippen LogP contribution is -2.29. The third-order valence-electron chi connectivity index (χ3n) is 3.38. The average Bonchev–Trinajstić information content (AvgIpc) is 3.10. The van der Waals surface area contributed by atoms with E-state index < -0.39 is 0 Å². The number of nitrogens with one attached hydrogen (secondary N) is 1. The van der Waals surface area contributed by atoms with Crippen molar-refractivity contribution in [2.75, 3.05) is 11.9 Å². The highest BCUT2D eigenvalue weighted by molar-refractivity contribution is 5.92. The van der Waals surface area contributed by atoms with Gasteiger partial charge in [-0.1, -0.05) is 12.1 Å². The number of hydrogen-bond donors (Lipinski definition) is 1. The van der Waals surface area contributed by atoms with Gasteiger partial charge in [-0.2, -0.15) is 5.26 Å². The van der Waals surface area contributed by atoms with E-state index in [1.165, 1.54) is 13.0 Å². The van der Waals surface area contributed by atoms with Gasteiger partial charge in [0.15, 0.2) is 0 Å². The van der Waals surface area contributed by atoms with Crippen LogP contribution in [0.15, 0.2) is 53.2 Å². The molecule has 2 amide bonds. The standard InChI is InChI=1S/C19H19N3O3/c1-15(23)21-17-8-5-16(6-9-17)7-10-19(24)22(12-3-11-20)14-18-4-2-13-25-18/h2,4-10,13H,3,12,14H2,1H3,(H,21,23)/b10-7-. The minimum atomic E-state index is -0.197. The fourth-order valence-electron chi connectivity index (χ4n) is 2.20. The number of amides is 2. The zero-order chi connectivity index (χ0) is 18.1. The molecule has 0 atom stereocenters. The molecule has 128 valence electrons. The number of carbonyl (C=O) groups excluding carboxylic acids is 2. The van der Waals surface area contributed by atoms with Crippen molar-refractivity contribution in [3.05, 3.63) is 60.1 Å². The number of benzene rings is 1. The Morgan fingerprint density at radius 1 is 1.28 bits per heavy atom. The van der Waals surface area contributed by atoms with Gasteiger partial charge in [-0.25, -0.2) is 0 Å². The molecule has 2 rings (SSSR count). The van der Waals surface area contributed by atoms with E-state index in [1.54, 1.807) is 53.6 Å². The molecule has 0 bridgehead atoms. The maximum Gasteiger partial charge on any atom is 0.247 e. The second-order valence-corrected chi connectivity index (χ2v) is 5.38. The highest BCUT2D eigenvalue weighted by Crippen LogP contribution is 2.12. The van der Waals surface area contributed by atoms with Crippen LogP contribution in [0.4, 0.5) is 5.69 Å². The largest absolute Gasteiger partial charge is 0.467 e. The smallest absolute Gasteiger partial charge is 0.247 e. The molecule has 0 saturated carbocycles. The summed E-state index contributed by atoms with van der Waals surface area (Å²) in [6.07, 6.45) is 4.97. The summed E-state index contributed by atoms with van der Waals surface area (Å²) in [5, 5.41) is 11.4. The van der Waals surface area contributed by atoms with Gasteiger partial charge in [0.05, 0.1) is 25.3 Å². The molecule has 6 heteroatoms. The Hall–Kier alpha value is -3.33. The van der Waals surface area contributed by atoms with Gasteiger partial charge in [-0.3, -0.25) is 9.59 Å². The van der Waals surface area contributed by atoms with Crippen molar-refractivity contribution >= 4 is 23.6 Å². The molecule has 0 saturated heterocycles. The van der Waals surface area contributed by atoms with Crippen LogP contribution in [0, 0.1) is 11.3 Å². The van der Waals surface area contributed by atoms with Crippen LogP contribution >= 0.6 is 0 Å². The Morgan fingerprint density at radius 3 is 2.64 bits per heavy atom. The Labute approximate surface area is 146 Å². The molecule has 0 radical (unpaired) electrons. The van der Waals surface area contributed by atoms with Crippen LogP contribution in [0.1, 0.15) is 24.7 Å². The molecule has 0 aliphatic carbocycles. The van der Waals surface area contributed by atoms with Crippen LogP contribution in [0.5, 0.6) is 0 Å². The molecule has 0 fully saturated rings. The first-order chi connectivity index (χ1) is 12.1. The third kappa shape index (κ3) is 5.99. The molecule has 25 heavy (non-hydrogen) atoms. The molecular formula is C19H19N3O3. The van der Waals surface area contributed by atoms with Crippen LogP contribution in [0.2, 0.25) is 0 Å². The van der Waals surface area contributed by atoms with Crippen LogP contribution in [0.3, 0.4) is 0 Å². The van der Waals surface area contributed by atoms with Crippen LogP contribution in [-0.4, -0.2) is 23.3 Å². The van der Waals surface area contributed by atoms with Gasteiger partial charge >= 0.3 is 0 Å². The third-order valence-corrected chi connectivity index (χ3v) is 3.38. The molecular weight excluding hydrogens is 318 g/mol. The van der Waals surface area contributed by atoms with Gasteiger partial charge in [0, 0.05) is 25.2 Å². The number of rotatable bonds is 7. The molecule has 0 spiro atoms. The molecule has 1 aromatic carbocycles. The van der Waals surface area contributed by atoms with Crippen molar-refractivity contribution in [3.63, 3.8) is 0 Å². The van der Waals surface area contributed by atoms with Crippen molar-refractivity contribution in [1.82, 2.24) is 4.90 Å². The Balaban J connectivity index is 2.01. The second-order valence-electron chi connectivity index (χ2n) is 5.38. The van der Waals surface area contributed by atoms with E-state index in [-0.39, 0.29) is 18.2 Å². The van der Waals surface area contributed by atoms with Crippen LogP contribution in [-0.2, 0) is 16.1 Å². The van der Waals surface area contributed by atoms with Gasteiger partial charge in [0.25, 0.3) is 0 Å². The molecule has 6 nitrogen and oxygen atoms in total. The van der Waals surface area contributed by atoms with Gasteiger partial charge < -0.3 is 14.6 Å². The predicted molar refractivity (Wildman–Crippen MR) is 94.1 cm³/mol. The molecule has 1 heterocycles. The summed E-state index contributed by atoms with van der Waals surface area (Å²) in [5.41, 5.74) is 1.53. The number of anilines is 1. The van der Waals surface area contributed by atoms with Crippen molar-refractivity contribution in [2.45, 2.75) is 19.9 Å². The van der Waals surface area contributed by atoms with E-state index in [1.807, 2.05) is 6.07 Å². The van der Waals surface area contributed by atoms with Gasteiger partial charge in [0.2, 0.25) is 11.8 Å². The normalized spacial score (nSPS) is 10.4. The summed E-state index contributed by atoms with van der Waals surface area (Å²) in [6, 6.07) is 12.7. The van der Waals surface area contributed by atoms with Gasteiger partial charge in [-0.05, 0) is 35.9 Å². The van der Waals surface area contributed by atoms with Crippen LogP contribution < -0.4 is 5.32 Å². The zero-order valence-electron chi connectivity index (χ0n) is 13.9. The summed E-state index contributed by atoms with van der Waals surface area (Å²) in [4.78, 5) is 25.0. The minimum Gasteiger partial charge on any atom is -0.467 e. The van der Waals surface area contributed by atoms with Crippen molar-refractivity contribution < 1.29 is 14.0 Å². The molecule has 2 aromatic rings. The van der Waals surface area contributed by atoms with E-state index in [0.717, 1.165) is 5.56 Å². The number of nitrogens with zero attached hydrogens (tertiary/aromatic N) is 2. The fraction of sp³-hybridized carbons (Fsp3) is 0.211. The van der Waals surface area contributed by atoms with Crippen molar-refractivity contribution in [3.8, 4) is 6.07 Å². The number of hydrogen-bond acceptors (Lipinski definition) is 4. The fourth-order valence-corrected chi connectivity index (χ4v) is 2.20. The number of nitriles is 1. The first-order valence-corrected chi connectivity index (χ1v) is 7.82. The monoisotopic (exact) mass is 337 g/mol. The molecule has 0 unspecified atom stereocenters. The lowest BCUT2D eigenvalue weighted by molar-refractivity contribution is -0.126. The van der Waals surface area contributed by atoms with E-state index >= 15 is 0 Å². The van der Waals surface area contributed by atoms with E-state index in [2.05, 4.69) is 5.32 Å².